The lowest BCUT2D eigenvalue weighted by atomic mass is 9.98. The van der Waals surface area contributed by atoms with E-state index in [-0.39, 0.29) is 11.3 Å². The van der Waals surface area contributed by atoms with E-state index in [1.807, 2.05) is 62.5 Å². The van der Waals surface area contributed by atoms with E-state index in [1.165, 1.54) is 23.3 Å². The summed E-state index contributed by atoms with van der Waals surface area (Å²) < 4.78 is 5.41. The fourth-order valence-electron chi connectivity index (χ4n) is 3.95. The SMILES string of the molecule is COc1ccc(C)cc1/C(O)=C1/C(=O)C(=O)N(c2cccc(C)c2C)C1c1cccs1. The number of Topliss-reactive ketones (excluding diaryl/α,β-unsaturated/α-hetero) is 1. The van der Waals surface area contributed by atoms with Gasteiger partial charge in [-0.2, -0.15) is 0 Å². The molecule has 0 spiro atoms. The maximum Gasteiger partial charge on any atom is 0.300 e. The lowest BCUT2D eigenvalue weighted by Gasteiger charge is -2.26. The number of thiophene rings is 1. The molecule has 2 heterocycles. The Morgan fingerprint density at radius 3 is 2.52 bits per heavy atom. The van der Waals surface area contributed by atoms with E-state index >= 15 is 0 Å². The monoisotopic (exact) mass is 433 g/mol. The molecule has 1 aromatic heterocycles. The minimum absolute atomic E-state index is 0.0669. The van der Waals surface area contributed by atoms with Gasteiger partial charge in [-0.3, -0.25) is 14.5 Å². The van der Waals surface area contributed by atoms with Crippen molar-refractivity contribution in [3.05, 3.63) is 86.6 Å². The van der Waals surface area contributed by atoms with Gasteiger partial charge in [0.2, 0.25) is 0 Å². The molecule has 5 nitrogen and oxygen atoms in total. The van der Waals surface area contributed by atoms with E-state index < -0.39 is 17.7 Å². The molecular formula is C25H23NO4S. The molecular weight excluding hydrogens is 410 g/mol. The first kappa shape index (κ1) is 20.9. The van der Waals surface area contributed by atoms with Crippen LogP contribution in [0.4, 0.5) is 5.69 Å². The highest BCUT2D eigenvalue weighted by Crippen LogP contribution is 2.45. The van der Waals surface area contributed by atoms with Crippen LogP contribution in [-0.2, 0) is 9.59 Å². The van der Waals surface area contributed by atoms with E-state index in [0.29, 0.717) is 17.0 Å². The number of ether oxygens (including phenoxy) is 1. The number of methoxy groups -OCH3 is 1. The van der Waals surface area contributed by atoms with Crippen molar-refractivity contribution in [2.75, 3.05) is 12.0 Å². The molecule has 3 aromatic rings. The largest absolute Gasteiger partial charge is 0.507 e. The number of rotatable bonds is 4. The number of aryl methyl sites for hydroxylation is 2. The van der Waals surface area contributed by atoms with Crippen LogP contribution >= 0.6 is 11.3 Å². The number of benzene rings is 2. The molecule has 31 heavy (non-hydrogen) atoms. The number of amides is 1. The molecule has 0 saturated carbocycles. The zero-order valence-corrected chi connectivity index (χ0v) is 18.6. The molecule has 1 aliphatic heterocycles. The second-order valence-electron chi connectivity index (χ2n) is 7.61. The Morgan fingerprint density at radius 1 is 1.06 bits per heavy atom. The van der Waals surface area contributed by atoms with Crippen molar-refractivity contribution >= 4 is 34.5 Å². The highest BCUT2D eigenvalue weighted by molar-refractivity contribution is 7.10. The highest BCUT2D eigenvalue weighted by Gasteiger charge is 2.48. The second kappa shape index (κ2) is 8.04. The Bertz CT molecular complexity index is 1210. The van der Waals surface area contributed by atoms with Crippen LogP contribution in [-0.4, -0.2) is 23.9 Å². The van der Waals surface area contributed by atoms with Gasteiger partial charge in [0, 0.05) is 10.6 Å². The number of nitrogens with zero attached hydrogens (tertiary/aromatic N) is 1. The topological polar surface area (TPSA) is 66.8 Å². The third-order valence-electron chi connectivity index (χ3n) is 5.70. The lowest BCUT2D eigenvalue weighted by molar-refractivity contribution is -0.132. The summed E-state index contributed by atoms with van der Waals surface area (Å²) in [6.45, 7) is 5.79. The van der Waals surface area contributed by atoms with Crippen LogP contribution in [0.1, 0.15) is 33.2 Å². The third-order valence-corrected chi connectivity index (χ3v) is 6.63. The molecule has 1 N–H and O–H groups in total. The molecule has 1 fully saturated rings. The van der Waals surface area contributed by atoms with Crippen molar-refractivity contribution in [3.63, 3.8) is 0 Å². The van der Waals surface area contributed by atoms with Crippen molar-refractivity contribution in [2.45, 2.75) is 26.8 Å². The number of carbonyl (C=O) groups excluding carboxylic acids is 2. The molecule has 1 amide bonds. The lowest BCUT2D eigenvalue weighted by Crippen LogP contribution is -2.29. The fraction of sp³-hybridized carbons (Fsp3) is 0.200. The summed E-state index contributed by atoms with van der Waals surface area (Å²) in [6, 6.07) is 14.1. The van der Waals surface area contributed by atoms with Crippen molar-refractivity contribution in [3.8, 4) is 5.75 Å². The zero-order valence-electron chi connectivity index (χ0n) is 17.8. The summed E-state index contributed by atoms with van der Waals surface area (Å²) in [5.74, 6) is -1.16. The highest BCUT2D eigenvalue weighted by atomic mass is 32.1. The minimum Gasteiger partial charge on any atom is -0.507 e. The third kappa shape index (κ3) is 3.43. The summed E-state index contributed by atoms with van der Waals surface area (Å²) in [5, 5.41) is 13.2. The Balaban J connectivity index is 1.99. The molecule has 0 bridgehead atoms. The second-order valence-corrected chi connectivity index (χ2v) is 8.59. The predicted molar refractivity (Wildman–Crippen MR) is 123 cm³/mol. The van der Waals surface area contributed by atoms with Gasteiger partial charge in [0.05, 0.1) is 18.2 Å². The van der Waals surface area contributed by atoms with Gasteiger partial charge in [0.25, 0.3) is 11.7 Å². The van der Waals surface area contributed by atoms with E-state index in [1.54, 1.807) is 12.1 Å². The first-order valence-corrected chi connectivity index (χ1v) is 10.8. The predicted octanol–water partition coefficient (Wildman–Crippen LogP) is 5.31. The first-order chi connectivity index (χ1) is 14.8. The molecule has 0 aliphatic carbocycles. The van der Waals surface area contributed by atoms with Crippen molar-refractivity contribution < 1.29 is 19.4 Å². The Hall–Kier alpha value is -3.38. The van der Waals surface area contributed by atoms with E-state index in [0.717, 1.165) is 21.6 Å². The number of aliphatic hydroxyl groups is 1. The van der Waals surface area contributed by atoms with Gasteiger partial charge in [-0.25, -0.2) is 0 Å². The van der Waals surface area contributed by atoms with Gasteiger partial charge in [-0.05, 0) is 61.5 Å². The van der Waals surface area contributed by atoms with Gasteiger partial charge in [-0.15, -0.1) is 11.3 Å². The summed E-state index contributed by atoms with van der Waals surface area (Å²) in [7, 11) is 1.51. The number of hydrogen-bond donors (Lipinski definition) is 1. The number of carbonyl (C=O) groups is 2. The Morgan fingerprint density at radius 2 is 1.84 bits per heavy atom. The fourth-order valence-corrected chi connectivity index (χ4v) is 4.77. The molecule has 0 radical (unpaired) electrons. The van der Waals surface area contributed by atoms with Crippen LogP contribution < -0.4 is 9.64 Å². The van der Waals surface area contributed by atoms with Crippen LogP contribution in [0.25, 0.3) is 5.76 Å². The quantitative estimate of drug-likeness (QED) is 0.344. The van der Waals surface area contributed by atoms with Gasteiger partial charge in [0.15, 0.2) is 0 Å². The number of aliphatic hydroxyl groups excluding tert-OH is 1. The van der Waals surface area contributed by atoms with Crippen LogP contribution in [0.3, 0.4) is 0 Å². The van der Waals surface area contributed by atoms with Gasteiger partial charge >= 0.3 is 0 Å². The van der Waals surface area contributed by atoms with Gasteiger partial charge < -0.3 is 9.84 Å². The summed E-state index contributed by atoms with van der Waals surface area (Å²) >= 11 is 1.44. The number of ketones is 1. The van der Waals surface area contributed by atoms with E-state index in [9.17, 15) is 14.7 Å². The zero-order chi connectivity index (χ0) is 22.3. The average molecular weight is 434 g/mol. The maximum absolute atomic E-state index is 13.2. The van der Waals surface area contributed by atoms with Crippen LogP contribution in [0, 0.1) is 20.8 Å². The molecule has 1 aliphatic rings. The molecule has 1 atom stereocenters. The Kier molecular flexibility index (Phi) is 5.41. The minimum atomic E-state index is -0.717. The van der Waals surface area contributed by atoms with E-state index in [4.69, 9.17) is 4.74 Å². The molecule has 2 aromatic carbocycles. The van der Waals surface area contributed by atoms with Gasteiger partial charge in [-0.1, -0.05) is 29.8 Å². The van der Waals surface area contributed by atoms with Crippen molar-refractivity contribution in [1.82, 2.24) is 0 Å². The number of hydrogen-bond acceptors (Lipinski definition) is 5. The maximum atomic E-state index is 13.2. The smallest absolute Gasteiger partial charge is 0.300 e. The van der Waals surface area contributed by atoms with Crippen LogP contribution in [0.15, 0.2) is 59.5 Å². The average Bonchev–Trinajstić information content (AvgIpc) is 3.37. The molecule has 1 saturated heterocycles. The molecule has 4 rings (SSSR count). The first-order valence-electron chi connectivity index (χ1n) is 9.90. The summed E-state index contributed by atoms with van der Waals surface area (Å²) in [6.07, 6.45) is 0. The van der Waals surface area contributed by atoms with Gasteiger partial charge in [0.1, 0.15) is 17.6 Å². The molecule has 158 valence electrons. The normalized spacial score (nSPS) is 17.9. The van der Waals surface area contributed by atoms with Crippen molar-refractivity contribution in [2.24, 2.45) is 0 Å². The Labute approximate surface area is 185 Å². The molecule has 1 unspecified atom stereocenters. The molecule has 6 heteroatoms. The van der Waals surface area contributed by atoms with Crippen LogP contribution in [0.5, 0.6) is 5.75 Å². The summed E-state index contributed by atoms with van der Waals surface area (Å²) in [4.78, 5) is 28.8. The van der Waals surface area contributed by atoms with Crippen molar-refractivity contribution in [1.29, 1.82) is 0 Å². The standard InChI is InChI=1S/C25H23NO4S/c1-14-10-11-19(30-4)17(13-14)23(27)21-22(20-9-6-12-31-20)26(25(29)24(21)28)18-8-5-7-15(2)16(18)3/h5-13,22,27H,1-4H3/b23-21-. The number of anilines is 1. The summed E-state index contributed by atoms with van der Waals surface area (Å²) in [5.41, 5.74) is 3.96. The van der Waals surface area contributed by atoms with E-state index in [2.05, 4.69) is 0 Å². The van der Waals surface area contributed by atoms with Crippen LogP contribution in [0.2, 0.25) is 0 Å².